The van der Waals surface area contributed by atoms with Crippen LogP contribution in [-0.4, -0.2) is 52.5 Å². The zero-order valence-electron chi connectivity index (χ0n) is 22.0. The molecule has 3 aromatic rings. The first kappa shape index (κ1) is 28.6. The highest BCUT2D eigenvalue weighted by Gasteiger charge is 2.18. The maximum atomic E-state index is 14.8. The Morgan fingerprint density at radius 3 is 1.97 bits per heavy atom. The summed E-state index contributed by atoms with van der Waals surface area (Å²) in [6.45, 7) is 0. The van der Waals surface area contributed by atoms with E-state index in [1.165, 1.54) is 60.0 Å². The number of aliphatic imine (C=N–C) groups is 1. The molecule has 0 aliphatic carbocycles. The quantitative estimate of drug-likeness (QED) is 0.0916. The molecule has 0 amide bonds. The predicted molar refractivity (Wildman–Crippen MR) is 145 cm³/mol. The third-order valence-corrected chi connectivity index (χ3v) is 5.61. The smallest absolute Gasteiger partial charge is 0.311 e. The van der Waals surface area contributed by atoms with E-state index in [-0.39, 0.29) is 34.9 Å². The molecule has 0 aromatic heterocycles. The molecule has 3 aromatic carbocycles. The average molecular weight is 539 g/mol. The van der Waals surface area contributed by atoms with Crippen LogP contribution in [0.25, 0.3) is 12.2 Å². The molecule has 0 unspecified atom stereocenters. The SMILES string of the molecule is COc1ccc(C(=O)CC=Nc2cc(/C=C\c3cc(OC)c(OC)c(OC)c3)cc(F)c2OC)cc1[N+](=O)[O-]. The Kier molecular flexibility index (Phi) is 9.58. The number of hydrogen-bond acceptors (Lipinski definition) is 9. The van der Waals surface area contributed by atoms with E-state index in [1.54, 1.807) is 30.4 Å². The molecule has 0 radical (unpaired) electrons. The second kappa shape index (κ2) is 13.0. The number of nitro groups is 1. The summed E-state index contributed by atoms with van der Waals surface area (Å²) in [5.74, 6) is 0.272. The summed E-state index contributed by atoms with van der Waals surface area (Å²) < 4.78 is 41.0. The third-order valence-electron chi connectivity index (χ3n) is 5.61. The average Bonchev–Trinajstić information content (AvgIpc) is 2.94. The van der Waals surface area contributed by atoms with Gasteiger partial charge in [-0.25, -0.2) is 4.39 Å². The van der Waals surface area contributed by atoms with Crippen LogP contribution in [0, 0.1) is 15.9 Å². The van der Waals surface area contributed by atoms with E-state index >= 15 is 0 Å². The molecule has 0 bridgehead atoms. The van der Waals surface area contributed by atoms with Crippen molar-refractivity contribution in [3.05, 3.63) is 75.1 Å². The van der Waals surface area contributed by atoms with Gasteiger partial charge in [-0.1, -0.05) is 12.2 Å². The standard InChI is InChI=1S/C28H27FN2O8/c1-35-24-9-8-19(16-22(24)31(33)34)23(32)10-11-30-21-13-17(12-20(29)27(21)38-4)6-7-18-14-25(36-2)28(39-5)26(15-18)37-3/h6-9,11-16H,10H2,1-5H3/b7-6-,30-11?. The van der Waals surface area contributed by atoms with Gasteiger partial charge in [-0.3, -0.25) is 19.9 Å². The van der Waals surface area contributed by atoms with Crippen molar-refractivity contribution in [3.8, 4) is 28.7 Å². The Bertz CT molecular complexity index is 1410. The van der Waals surface area contributed by atoms with Gasteiger partial charge in [0.1, 0.15) is 5.69 Å². The summed E-state index contributed by atoms with van der Waals surface area (Å²) in [6, 6.07) is 10.3. The van der Waals surface area contributed by atoms with Crippen LogP contribution < -0.4 is 23.7 Å². The Hall–Kier alpha value is -4.93. The number of carbonyl (C=O) groups is 1. The Morgan fingerprint density at radius 2 is 1.44 bits per heavy atom. The van der Waals surface area contributed by atoms with E-state index in [0.29, 0.717) is 28.4 Å². The van der Waals surface area contributed by atoms with E-state index in [0.717, 1.165) is 6.07 Å². The topological polar surface area (TPSA) is 119 Å². The first-order chi connectivity index (χ1) is 18.8. The highest BCUT2D eigenvalue weighted by atomic mass is 19.1. The first-order valence-electron chi connectivity index (χ1n) is 11.5. The molecule has 0 saturated heterocycles. The normalized spacial score (nSPS) is 11.0. The molecule has 10 nitrogen and oxygen atoms in total. The second-order valence-corrected chi connectivity index (χ2v) is 7.93. The highest BCUT2D eigenvalue weighted by Crippen LogP contribution is 2.39. The number of methoxy groups -OCH3 is 5. The predicted octanol–water partition coefficient (Wildman–Crippen LogP) is 5.92. The summed E-state index contributed by atoms with van der Waals surface area (Å²) in [5.41, 5.74) is 1.15. The van der Waals surface area contributed by atoms with Crippen molar-refractivity contribution in [3.63, 3.8) is 0 Å². The van der Waals surface area contributed by atoms with Gasteiger partial charge < -0.3 is 23.7 Å². The van der Waals surface area contributed by atoms with Gasteiger partial charge in [-0.15, -0.1) is 0 Å². The number of nitrogens with zero attached hydrogens (tertiary/aromatic N) is 2. The first-order valence-corrected chi connectivity index (χ1v) is 11.5. The zero-order valence-corrected chi connectivity index (χ0v) is 22.0. The van der Waals surface area contributed by atoms with Gasteiger partial charge in [-0.05, 0) is 47.5 Å². The third kappa shape index (κ3) is 6.69. The monoisotopic (exact) mass is 538 g/mol. The van der Waals surface area contributed by atoms with Gasteiger partial charge >= 0.3 is 5.69 Å². The van der Waals surface area contributed by atoms with Crippen molar-refractivity contribution < 1.29 is 37.8 Å². The summed E-state index contributed by atoms with van der Waals surface area (Å²) >= 11 is 0. The van der Waals surface area contributed by atoms with E-state index < -0.39 is 16.5 Å². The Balaban J connectivity index is 1.86. The minimum absolute atomic E-state index is 0.0434. The molecule has 39 heavy (non-hydrogen) atoms. The van der Waals surface area contributed by atoms with Crippen molar-refractivity contribution in [2.45, 2.75) is 6.42 Å². The number of nitro benzene ring substituents is 1. The van der Waals surface area contributed by atoms with Crippen LogP contribution in [0.4, 0.5) is 15.8 Å². The van der Waals surface area contributed by atoms with Crippen LogP contribution in [0.5, 0.6) is 28.7 Å². The fraction of sp³-hybridized carbons (Fsp3) is 0.214. The lowest BCUT2D eigenvalue weighted by Gasteiger charge is -2.13. The zero-order chi connectivity index (χ0) is 28.5. The molecule has 0 aliphatic rings. The summed E-state index contributed by atoms with van der Waals surface area (Å²) in [5, 5.41) is 11.2. The summed E-state index contributed by atoms with van der Waals surface area (Å²) in [7, 11) is 7.14. The van der Waals surface area contributed by atoms with E-state index in [2.05, 4.69) is 4.99 Å². The summed E-state index contributed by atoms with van der Waals surface area (Å²) in [4.78, 5) is 27.4. The number of ether oxygens (including phenoxy) is 5. The van der Waals surface area contributed by atoms with Gasteiger partial charge in [0.15, 0.2) is 34.6 Å². The Morgan fingerprint density at radius 1 is 0.846 bits per heavy atom. The van der Waals surface area contributed by atoms with Crippen molar-refractivity contribution >= 4 is 35.5 Å². The Labute approximate surface area is 224 Å². The van der Waals surface area contributed by atoms with Crippen LogP contribution >= 0.6 is 0 Å². The molecule has 0 atom stereocenters. The van der Waals surface area contributed by atoms with Gasteiger partial charge in [0.05, 0.1) is 40.5 Å². The van der Waals surface area contributed by atoms with Crippen LogP contribution in [0.1, 0.15) is 27.9 Å². The minimum Gasteiger partial charge on any atom is -0.493 e. The summed E-state index contributed by atoms with van der Waals surface area (Å²) in [6.07, 6.45) is 4.52. The highest BCUT2D eigenvalue weighted by molar-refractivity contribution is 6.04. The minimum atomic E-state index is -0.645. The molecule has 204 valence electrons. The number of hydrogen-bond donors (Lipinski definition) is 0. The van der Waals surface area contributed by atoms with Crippen LogP contribution in [0.2, 0.25) is 0 Å². The maximum absolute atomic E-state index is 14.8. The molecule has 0 fully saturated rings. The molecule has 0 saturated carbocycles. The molecule has 0 spiro atoms. The van der Waals surface area contributed by atoms with Crippen molar-refractivity contribution in [1.29, 1.82) is 0 Å². The molecule has 0 N–H and O–H groups in total. The van der Waals surface area contributed by atoms with Crippen molar-refractivity contribution in [1.82, 2.24) is 0 Å². The van der Waals surface area contributed by atoms with Crippen LogP contribution in [0.15, 0.2) is 47.5 Å². The van der Waals surface area contributed by atoms with Gasteiger partial charge in [0.2, 0.25) is 5.75 Å². The van der Waals surface area contributed by atoms with Crippen molar-refractivity contribution in [2.24, 2.45) is 4.99 Å². The number of benzene rings is 3. The molecular weight excluding hydrogens is 511 g/mol. The maximum Gasteiger partial charge on any atom is 0.311 e. The lowest BCUT2D eigenvalue weighted by molar-refractivity contribution is -0.385. The van der Waals surface area contributed by atoms with Gasteiger partial charge in [0, 0.05) is 24.3 Å². The second-order valence-electron chi connectivity index (χ2n) is 7.93. The number of halogens is 1. The van der Waals surface area contributed by atoms with Crippen molar-refractivity contribution in [2.75, 3.05) is 35.5 Å². The molecule has 0 aliphatic heterocycles. The molecule has 11 heteroatoms. The molecular formula is C28H27FN2O8. The van der Waals surface area contributed by atoms with Crippen LogP contribution in [0.3, 0.4) is 0 Å². The number of rotatable bonds is 12. The molecule has 0 heterocycles. The largest absolute Gasteiger partial charge is 0.493 e. The fourth-order valence-electron chi connectivity index (χ4n) is 3.73. The fourth-order valence-corrected chi connectivity index (χ4v) is 3.73. The molecule has 3 rings (SSSR count). The van der Waals surface area contributed by atoms with Crippen LogP contribution in [-0.2, 0) is 0 Å². The van der Waals surface area contributed by atoms with E-state index in [4.69, 9.17) is 23.7 Å². The van der Waals surface area contributed by atoms with E-state index in [9.17, 15) is 19.3 Å². The van der Waals surface area contributed by atoms with Gasteiger partial charge in [0.25, 0.3) is 0 Å². The number of carbonyl (C=O) groups excluding carboxylic acids is 1. The lowest BCUT2D eigenvalue weighted by atomic mass is 10.1. The number of Topliss-reactive ketones (excluding diaryl/α,β-unsaturated/α-hetero) is 1. The van der Waals surface area contributed by atoms with Gasteiger partial charge in [-0.2, -0.15) is 0 Å². The number of ketones is 1. The van der Waals surface area contributed by atoms with E-state index in [1.807, 2.05) is 0 Å². The lowest BCUT2D eigenvalue weighted by Crippen LogP contribution is -2.02.